The molecule has 3 aliphatic carbocycles. The molecule has 1 fully saturated rings. The van der Waals surface area contributed by atoms with Crippen molar-refractivity contribution >= 4 is 38.1 Å². The monoisotopic (exact) mass is 625 g/mol. The zero-order valence-electron chi connectivity index (χ0n) is 29.6. The highest BCUT2D eigenvalue weighted by Crippen LogP contribution is 2.63. The highest BCUT2D eigenvalue weighted by atomic mass is 14.9. The molecule has 0 amide bonds. The number of hydrogen-bond acceptors (Lipinski definition) is 2. The van der Waals surface area contributed by atoms with E-state index in [4.69, 9.17) is 0 Å². The zero-order valence-corrected chi connectivity index (χ0v) is 29.6. The van der Waals surface area contributed by atoms with E-state index in [2.05, 4.69) is 114 Å². The van der Waals surface area contributed by atoms with Crippen molar-refractivity contribution in [3.8, 4) is 23.3 Å². The Morgan fingerprint density at radius 1 is 0.583 bits per heavy atom. The van der Waals surface area contributed by atoms with Gasteiger partial charge in [0.15, 0.2) is 0 Å². The van der Waals surface area contributed by atoms with Crippen molar-refractivity contribution in [1.29, 1.82) is 10.5 Å². The summed E-state index contributed by atoms with van der Waals surface area (Å²) in [5.41, 5.74) is 15.8. The average molecular weight is 626 g/mol. The van der Waals surface area contributed by atoms with Crippen LogP contribution in [0.2, 0.25) is 0 Å². The van der Waals surface area contributed by atoms with Crippen LogP contribution in [0.15, 0.2) is 42.5 Å². The van der Waals surface area contributed by atoms with Gasteiger partial charge in [-0.15, -0.1) is 0 Å². The molecule has 0 spiro atoms. The standard InChI is InChI=1S/C45H43N3/c1-42(2)21-44(5,6)37-33-27-17-26(23-12-10-9-11-13-23)18-28-34-38-36(43(3,4)22-45(38,7)8)30(20-47)32-25-15-14-24(16-25)31(29(19-46)35(37)42)40(33)48(39(27)28)41(32)34/h9-13,17-18,24-25H,14-16,21-22H2,1-8H3. The van der Waals surface area contributed by atoms with Crippen molar-refractivity contribution in [2.75, 3.05) is 0 Å². The first-order valence-electron chi connectivity index (χ1n) is 18.1. The SMILES string of the molecule is CC1(C)CC(C)(C)c2c1c(C#N)c1c3c2c2cc(-c4ccccc4)cc4c5c6c(c(C#N)c(c5n3c24)C2CCC1C2)C(C)(C)CC6(C)C. The van der Waals surface area contributed by atoms with Crippen LogP contribution in [0.5, 0.6) is 0 Å². The van der Waals surface area contributed by atoms with Crippen molar-refractivity contribution in [2.24, 2.45) is 0 Å². The maximum Gasteiger partial charge on any atom is 0.0998 e. The predicted molar refractivity (Wildman–Crippen MR) is 197 cm³/mol. The van der Waals surface area contributed by atoms with Gasteiger partial charge < -0.3 is 4.40 Å². The summed E-state index contributed by atoms with van der Waals surface area (Å²) in [5, 5.41) is 27.7. The first kappa shape index (κ1) is 28.7. The maximum atomic E-state index is 11.2. The van der Waals surface area contributed by atoms with Crippen LogP contribution in [0.4, 0.5) is 0 Å². The molecule has 0 N–H and O–H groups in total. The third-order valence-corrected chi connectivity index (χ3v) is 13.4. The first-order chi connectivity index (χ1) is 22.7. The lowest BCUT2D eigenvalue weighted by Crippen LogP contribution is -2.19. The molecule has 6 aromatic rings. The largest absolute Gasteiger partial charge is 0.307 e. The zero-order chi connectivity index (χ0) is 33.4. The van der Waals surface area contributed by atoms with Gasteiger partial charge in [-0.3, -0.25) is 0 Å². The van der Waals surface area contributed by atoms with Crippen molar-refractivity contribution in [2.45, 2.75) is 121 Å². The molecule has 2 atom stereocenters. The van der Waals surface area contributed by atoms with Crippen LogP contribution in [0, 0.1) is 22.7 Å². The van der Waals surface area contributed by atoms with Gasteiger partial charge in [0.1, 0.15) is 0 Å². The third-order valence-electron chi connectivity index (χ3n) is 13.4. The molecule has 2 bridgehead atoms. The Morgan fingerprint density at radius 2 is 1.02 bits per heavy atom. The number of rotatable bonds is 1. The second-order valence-electron chi connectivity index (χ2n) is 18.5. The van der Waals surface area contributed by atoms with Gasteiger partial charge in [-0.25, -0.2) is 0 Å². The fraction of sp³-hybridized carbons (Fsp3) is 0.422. The Balaban J connectivity index is 1.59. The van der Waals surface area contributed by atoms with Gasteiger partial charge in [-0.1, -0.05) is 85.7 Å². The van der Waals surface area contributed by atoms with Gasteiger partial charge in [-0.05, 0) is 122 Å². The molecule has 48 heavy (non-hydrogen) atoms. The molecular weight excluding hydrogens is 583 g/mol. The van der Waals surface area contributed by atoms with Crippen LogP contribution in [-0.4, -0.2) is 4.40 Å². The van der Waals surface area contributed by atoms with Gasteiger partial charge in [-0.2, -0.15) is 10.5 Å². The topological polar surface area (TPSA) is 52.0 Å². The van der Waals surface area contributed by atoms with Gasteiger partial charge in [0.05, 0.1) is 39.8 Å². The quantitative estimate of drug-likeness (QED) is 0.182. The van der Waals surface area contributed by atoms with Crippen LogP contribution >= 0.6 is 0 Å². The molecule has 1 aliphatic heterocycles. The molecule has 4 aromatic carbocycles. The predicted octanol–water partition coefficient (Wildman–Crippen LogP) is 11.5. The van der Waals surface area contributed by atoms with Crippen LogP contribution < -0.4 is 0 Å². The molecule has 0 saturated heterocycles. The van der Waals surface area contributed by atoms with E-state index in [1.165, 1.54) is 82.6 Å². The lowest BCUT2D eigenvalue weighted by Gasteiger charge is -2.28. The van der Waals surface area contributed by atoms with Crippen LogP contribution in [0.3, 0.4) is 0 Å². The van der Waals surface area contributed by atoms with Crippen molar-refractivity contribution in [3.05, 3.63) is 87.0 Å². The second-order valence-corrected chi connectivity index (χ2v) is 18.5. The van der Waals surface area contributed by atoms with Gasteiger partial charge >= 0.3 is 0 Å². The maximum absolute atomic E-state index is 11.2. The van der Waals surface area contributed by atoms with Crippen LogP contribution in [0.1, 0.15) is 144 Å². The summed E-state index contributed by atoms with van der Waals surface area (Å²) in [4.78, 5) is 0. The minimum atomic E-state index is -0.0964. The van der Waals surface area contributed by atoms with Crippen LogP contribution in [0.25, 0.3) is 49.2 Å². The molecule has 10 rings (SSSR count). The molecule has 238 valence electrons. The third kappa shape index (κ3) is 3.12. The highest BCUT2D eigenvalue weighted by Gasteiger charge is 2.51. The van der Waals surface area contributed by atoms with E-state index in [-0.39, 0.29) is 21.7 Å². The minimum Gasteiger partial charge on any atom is -0.307 e. The fourth-order valence-electron chi connectivity index (χ4n) is 12.7. The summed E-state index contributed by atoms with van der Waals surface area (Å²) < 4.78 is 2.62. The first-order valence-corrected chi connectivity index (χ1v) is 18.1. The van der Waals surface area contributed by atoms with Crippen molar-refractivity contribution in [1.82, 2.24) is 4.40 Å². The van der Waals surface area contributed by atoms with E-state index in [1.54, 1.807) is 0 Å². The Bertz CT molecular complexity index is 2400. The molecule has 2 aromatic heterocycles. The molecular formula is C45H43N3. The Hall–Kier alpha value is -4.34. The molecule has 3 heterocycles. The highest BCUT2D eigenvalue weighted by molar-refractivity contribution is 6.28. The molecule has 3 heteroatoms. The second kappa shape index (κ2) is 8.44. The summed E-state index contributed by atoms with van der Waals surface area (Å²) >= 11 is 0. The molecule has 3 nitrogen and oxygen atoms in total. The van der Waals surface area contributed by atoms with E-state index in [0.717, 1.165) is 43.2 Å². The summed E-state index contributed by atoms with van der Waals surface area (Å²) in [6.45, 7) is 19.1. The normalized spacial score (nSPS) is 23.6. The molecule has 0 radical (unpaired) electrons. The summed E-state index contributed by atoms with van der Waals surface area (Å²) in [5.74, 6) is 0.604. The molecule has 4 aliphatic rings. The fourth-order valence-corrected chi connectivity index (χ4v) is 12.7. The average Bonchev–Trinajstić information content (AvgIpc) is 3.79. The summed E-state index contributed by atoms with van der Waals surface area (Å²) in [7, 11) is 0. The Labute approximate surface area is 283 Å². The number of nitrogens with zero attached hydrogens (tertiary/aromatic N) is 3. The Kier molecular flexibility index (Phi) is 5.04. The van der Waals surface area contributed by atoms with Crippen LogP contribution in [-0.2, 0) is 21.7 Å². The Morgan fingerprint density at radius 3 is 1.46 bits per heavy atom. The number of nitriles is 2. The number of aromatic nitrogens is 1. The van der Waals surface area contributed by atoms with E-state index in [9.17, 15) is 10.5 Å². The minimum absolute atomic E-state index is 0.0851. The lowest BCUT2D eigenvalue weighted by atomic mass is 9.75. The number of hydrogen-bond donors (Lipinski definition) is 0. The lowest BCUT2D eigenvalue weighted by molar-refractivity contribution is 0.403. The number of benzene rings is 4. The van der Waals surface area contributed by atoms with Crippen molar-refractivity contribution < 1.29 is 0 Å². The number of fused-ring (bicyclic) bond motifs is 10. The van der Waals surface area contributed by atoms with E-state index < -0.39 is 0 Å². The molecule has 2 unspecified atom stereocenters. The van der Waals surface area contributed by atoms with Gasteiger partial charge in [0.2, 0.25) is 0 Å². The summed E-state index contributed by atoms with van der Waals surface area (Å²) in [6.07, 6.45) is 5.17. The van der Waals surface area contributed by atoms with Gasteiger partial charge in [0, 0.05) is 21.5 Å². The van der Waals surface area contributed by atoms with E-state index in [0.29, 0.717) is 11.8 Å². The van der Waals surface area contributed by atoms with Gasteiger partial charge in [0.25, 0.3) is 0 Å². The summed E-state index contributed by atoms with van der Waals surface area (Å²) in [6, 6.07) is 21.5. The smallest absolute Gasteiger partial charge is 0.0998 e. The van der Waals surface area contributed by atoms with E-state index in [1.807, 2.05) is 0 Å². The van der Waals surface area contributed by atoms with Crippen molar-refractivity contribution in [3.63, 3.8) is 0 Å². The molecule has 1 saturated carbocycles. The van der Waals surface area contributed by atoms with E-state index >= 15 is 0 Å².